The van der Waals surface area contributed by atoms with Gasteiger partial charge >= 0.3 is 12.1 Å². The summed E-state index contributed by atoms with van der Waals surface area (Å²) in [5.41, 5.74) is 3.84. The van der Waals surface area contributed by atoms with Crippen LogP contribution in [0.3, 0.4) is 0 Å². The molecule has 2 atom stereocenters. The maximum Gasteiger partial charge on any atom is 0.407 e. The minimum Gasteiger partial charge on any atom is -0.464 e. The van der Waals surface area contributed by atoms with Crippen LogP contribution < -0.4 is 5.32 Å². The monoisotopic (exact) mass is 548 g/mol. The highest BCUT2D eigenvalue weighted by Crippen LogP contribution is 2.38. The Kier molecular flexibility index (Phi) is 10.4. The number of nitrogens with one attached hydrogen (secondary N) is 1. The van der Waals surface area contributed by atoms with E-state index in [9.17, 15) is 9.59 Å². The van der Waals surface area contributed by atoms with E-state index in [2.05, 4.69) is 44.2 Å². The zero-order valence-electron chi connectivity index (χ0n) is 23.8. The lowest BCUT2D eigenvalue weighted by molar-refractivity contribution is -0.153. The zero-order chi connectivity index (χ0) is 28.5. The number of alkyl carbamates (subject to hydrolysis) is 1. The summed E-state index contributed by atoms with van der Waals surface area (Å²) in [5, 5.41) is 2.77. The molecule has 0 spiro atoms. The summed E-state index contributed by atoms with van der Waals surface area (Å²) in [4.78, 5) is 30.4. The Morgan fingerprint density at radius 3 is 2.18 bits per heavy atom. The van der Waals surface area contributed by atoms with Gasteiger partial charge in [-0.2, -0.15) is 0 Å². The summed E-state index contributed by atoms with van der Waals surface area (Å²) in [6.07, 6.45) is 2.29. The van der Waals surface area contributed by atoms with E-state index >= 15 is 0 Å². The Balaban J connectivity index is 1.87. The number of aromatic nitrogens is 1. The second kappa shape index (κ2) is 13.5. The van der Waals surface area contributed by atoms with E-state index in [4.69, 9.17) is 13.9 Å². The molecule has 0 aliphatic carbocycles. The summed E-state index contributed by atoms with van der Waals surface area (Å²) in [7, 11) is -2.41. The molecule has 0 aliphatic rings. The molecule has 0 fully saturated rings. The molecule has 1 amide bonds. The van der Waals surface area contributed by atoms with E-state index in [-0.39, 0.29) is 18.3 Å². The standard InChI is InChI=1S/C31H40N2O5Si/c1-7-36-29(34)28(38-39(5,6)31(2,3)4)27(33-30(35)37-22-24-12-9-8-10-13-24)20-23-15-17-25(18-16-23)26-14-11-19-32-21-26/h8-19,21,27-28H,7,20,22H2,1-6H3,(H,33,35). The van der Waals surface area contributed by atoms with Gasteiger partial charge in [0.2, 0.25) is 0 Å². The SMILES string of the molecule is CCOC(=O)C(O[Si](C)(C)C(C)(C)C)C(Cc1ccc(-c2cccnc2)cc1)NC(=O)OCc1ccccc1. The minimum atomic E-state index is -2.41. The molecule has 0 bridgehead atoms. The molecule has 1 N–H and O–H groups in total. The molecular weight excluding hydrogens is 508 g/mol. The van der Waals surface area contributed by atoms with Gasteiger partial charge in [-0.3, -0.25) is 4.98 Å². The van der Waals surface area contributed by atoms with Crippen molar-refractivity contribution >= 4 is 20.4 Å². The van der Waals surface area contributed by atoms with Gasteiger partial charge < -0.3 is 19.2 Å². The first kappa shape index (κ1) is 30.1. The number of amides is 1. The average Bonchev–Trinajstić information content (AvgIpc) is 2.91. The van der Waals surface area contributed by atoms with E-state index in [0.717, 1.165) is 22.3 Å². The number of carbonyl (C=O) groups excluding carboxylic acids is 2. The normalized spacial score (nSPS) is 13.3. The van der Waals surface area contributed by atoms with Gasteiger partial charge in [-0.1, -0.05) is 81.4 Å². The fraction of sp³-hybridized carbons (Fsp3) is 0.387. The van der Waals surface area contributed by atoms with Gasteiger partial charge in [0.05, 0.1) is 12.6 Å². The molecule has 0 saturated heterocycles. The third-order valence-electron chi connectivity index (χ3n) is 7.03. The van der Waals surface area contributed by atoms with Crippen molar-refractivity contribution in [3.05, 3.63) is 90.3 Å². The number of benzene rings is 2. The van der Waals surface area contributed by atoms with Crippen LogP contribution in [0.15, 0.2) is 79.1 Å². The number of rotatable bonds is 11. The van der Waals surface area contributed by atoms with Crippen molar-refractivity contribution in [1.82, 2.24) is 10.3 Å². The molecule has 3 rings (SSSR count). The number of hydrogen-bond acceptors (Lipinski definition) is 6. The lowest BCUT2D eigenvalue weighted by atomic mass is 9.99. The summed E-state index contributed by atoms with van der Waals surface area (Å²) in [6, 6.07) is 20.6. The van der Waals surface area contributed by atoms with Crippen molar-refractivity contribution in [2.45, 2.75) is 71.0 Å². The van der Waals surface area contributed by atoms with Crippen molar-refractivity contribution in [1.29, 1.82) is 0 Å². The molecule has 3 aromatic rings. The van der Waals surface area contributed by atoms with E-state index in [1.807, 2.05) is 72.9 Å². The van der Waals surface area contributed by atoms with E-state index in [0.29, 0.717) is 6.42 Å². The Labute approximate surface area is 233 Å². The van der Waals surface area contributed by atoms with Gasteiger partial charge in [-0.05, 0) is 59.8 Å². The number of pyridine rings is 1. The van der Waals surface area contributed by atoms with E-state index < -0.39 is 32.5 Å². The smallest absolute Gasteiger partial charge is 0.407 e. The summed E-state index contributed by atoms with van der Waals surface area (Å²) >= 11 is 0. The van der Waals surface area contributed by atoms with Crippen molar-refractivity contribution in [3.8, 4) is 11.1 Å². The van der Waals surface area contributed by atoms with Crippen LogP contribution in [-0.4, -0.2) is 44.1 Å². The summed E-state index contributed by atoms with van der Waals surface area (Å²) in [5.74, 6) is -0.498. The van der Waals surface area contributed by atoms with Crippen molar-refractivity contribution in [2.75, 3.05) is 6.61 Å². The molecule has 39 heavy (non-hydrogen) atoms. The predicted molar refractivity (Wildman–Crippen MR) is 156 cm³/mol. The second-order valence-corrected chi connectivity index (χ2v) is 15.8. The minimum absolute atomic E-state index is 0.117. The number of esters is 1. The van der Waals surface area contributed by atoms with Crippen LogP contribution >= 0.6 is 0 Å². The van der Waals surface area contributed by atoms with Gasteiger partial charge in [-0.25, -0.2) is 9.59 Å². The number of hydrogen-bond donors (Lipinski definition) is 1. The molecule has 2 unspecified atom stereocenters. The first-order chi connectivity index (χ1) is 18.5. The predicted octanol–water partition coefficient (Wildman–Crippen LogP) is 6.54. The van der Waals surface area contributed by atoms with Crippen LogP contribution in [0.5, 0.6) is 0 Å². The van der Waals surface area contributed by atoms with Crippen LogP contribution in [0.2, 0.25) is 18.1 Å². The van der Waals surface area contributed by atoms with Crippen LogP contribution in [0.25, 0.3) is 11.1 Å². The maximum atomic E-state index is 13.3. The molecule has 7 nitrogen and oxygen atoms in total. The highest BCUT2D eigenvalue weighted by molar-refractivity contribution is 6.74. The quantitative estimate of drug-likeness (QED) is 0.216. The largest absolute Gasteiger partial charge is 0.464 e. The molecule has 8 heteroatoms. The fourth-order valence-corrected chi connectivity index (χ4v) is 5.03. The highest BCUT2D eigenvalue weighted by atomic mass is 28.4. The summed E-state index contributed by atoms with van der Waals surface area (Å²) < 4.78 is 17.5. The second-order valence-electron chi connectivity index (χ2n) is 11.0. The number of ether oxygens (including phenoxy) is 2. The Morgan fingerprint density at radius 1 is 0.897 bits per heavy atom. The van der Waals surface area contributed by atoms with Gasteiger partial charge in [0, 0.05) is 12.4 Å². The molecule has 1 aromatic heterocycles. The van der Waals surface area contributed by atoms with E-state index in [1.54, 1.807) is 13.1 Å². The fourth-order valence-electron chi connectivity index (χ4n) is 3.78. The van der Waals surface area contributed by atoms with Crippen LogP contribution in [0, 0.1) is 0 Å². The lowest BCUT2D eigenvalue weighted by Gasteiger charge is -2.40. The van der Waals surface area contributed by atoms with Crippen LogP contribution in [-0.2, 0) is 31.7 Å². The Morgan fingerprint density at radius 2 is 1.59 bits per heavy atom. The number of nitrogens with zero attached hydrogens (tertiary/aromatic N) is 1. The Bertz CT molecular complexity index is 1200. The zero-order valence-corrected chi connectivity index (χ0v) is 24.8. The van der Waals surface area contributed by atoms with Gasteiger partial charge in [0.15, 0.2) is 14.4 Å². The van der Waals surface area contributed by atoms with Crippen molar-refractivity contribution < 1.29 is 23.5 Å². The first-order valence-corrected chi connectivity index (χ1v) is 16.2. The molecule has 0 saturated carbocycles. The Hall–Kier alpha value is -3.49. The summed E-state index contributed by atoms with van der Waals surface area (Å²) in [6.45, 7) is 12.6. The molecule has 208 valence electrons. The van der Waals surface area contributed by atoms with E-state index in [1.165, 1.54) is 0 Å². The first-order valence-electron chi connectivity index (χ1n) is 13.3. The third kappa shape index (κ3) is 8.76. The molecular formula is C31H40N2O5Si. The lowest BCUT2D eigenvalue weighted by Crippen LogP contribution is -2.56. The topological polar surface area (TPSA) is 86.8 Å². The maximum absolute atomic E-state index is 13.3. The van der Waals surface area contributed by atoms with Gasteiger partial charge in [-0.15, -0.1) is 0 Å². The van der Waals surface area contributed by atoms with Crippen LogP contribution in [0.4, 0.5) is 4.79 Å². The van der Waals surface area contributed by atoms with Gasteiger partial charge in [0.1, 0.15) is 6.61 Å². The van der Waals surface area contributed by atoms with Crippen LogP contribution in [0.1, 0.15) is 38.8 Å². The molecule has 0 aliphatic heterocycles. The van der Waals surface area contributed by atoms with Gasteiger partial charge in [0.25, 0.3) is 0 Å². The van der Waals surface area contributed by atoms with Crippen molar-refractivity contribution in [3.63, 3.8) is 0 Å². The molecule has 2 aromatic carbocycles. The molecule has 0 radical (unpaired) electrons. The molecule has 1 heterocycles. The third-order valence-corrected chi connectivity index (χ3v) is 11.5. The highest BCUT2D eigenvalue weighted by Gasteiger charge is 2.44. The number of carbonyl (C=O) groups is 2. The average molecular weight is 549 g/mol. The van der Waals surface area contributed by atoms with Crippen molar-refractivity contribution in [2.24, 2.45) is 0 Å².